The molecule has 2 saturated carbocycles. The van der Waals surface area contributed by atoms with E-state index in [-0.39, 0.29) is 23.3 Å². The van der Waals surface area contributed by atoms with Crippen molar-refractivity contribution in [2.75, 3.05) is 19.0 Å². The van der Waals surface area contributed by atoms with Crippen molar-refractivity contribution in [3.05, 3.63) is 39.9 Å². The number of anilines is 1. The van der Waals surface area contributed by atoms with Crippen LogP contribution in [0.15, 0.2) is 23.5 Å². The van der Waals surface area contributed by atoms with Gasteiger partial charge in [-0.2, -0.15) is 0 Å². The van der Waals surface area contributed by atoms with Gasteiger partial charge in [-0.25, -0.2) is 4.98 Å². The fourth-order valence-electron chi connectivity index (χ4n) is 7.94. The second kappa shape index (κ2) is 11.5. The summed E-state index contributed by atoms with van der Waals surface area (Å²) in [6, 6.07) is 4.41. The molecular formula is C32H44N4O4S. The molecule has 8 nitrogen and oxygen atoms in total. The van der Waals surface area contributed by atoms with Crippen LogP contribution in [-0.4, -0.2) is 36.2 Å². The molecule has 2 aromatic rings. The van der Waals surface area contributed by atoms with Crippen molar-refractivity contribution in [1.29, 1.82) is 0 Å². The second-order valence-corrected chi connectivity index (χ2v) is 14.5. The van der Waals surface area contributed by atoms with Gasteiger partial charge in [0.1, 0.15) is 12.9 Å². The molecule has 5 atom stereocenters. The molecule has 3 aliphatic carbocycles. The van der Waals surface area contributed by atoms with E-state index in [1.165, 1.54) is 22.5 Å². The van der Waals surface area contributed by atoms with E-state index in [1.54, 1.807) is 13.3 Å². The van der Waals surface area contributed by atoms with E-state index in [9.17, 15) is 9.59 Å². The molecule has 1 amide bonds. The van der Waals surface area contributed by atoms with Crippen molar-refractivity contribution in [3.8, 4) is 5.75 Å². The number of aryl methyl sites for hydroxylation is 2. The summed E-state index contributed by atoms with van der Waals surface area (Å²) < 4.78 is 5.73. The van der Waals surface area contributed by atoms with Crippen molar-refractivity contribution in [1.82, 2.24) is 4.98 Å². The number of nitrogens with zero attached hydrogens (tertiary/aromatic N) is 2. The van der Waals surface area contributed by atoms with E-state index >= 15 is 0 Å². The zero-order valence-corrected chi connectivity index (χ0v) is 26.0. The van der Waals surface area contributed by atoms with Gasteiger partial charge in [0.25, 0.3) is 0 Å². The van der Waals surface area contributed by atoms with Crippen molar-refractivity contribution < 1.29 is 19.2 Å². The molecule has 3 aliphatic rings. The number of rotatable bonds is 7. The van der Waals surface area contributed by atoms with Crippen LogP contribution in [0.1, 0.15) is 93.7 Å². The topological polar surface area (TPSA) is 116 Å². The predicted molar refractivity (Wildman–Crippen MR) is 162 cm³/mol. The maximum atomic E-state index is 12.9. The summed E-state index contributed by atoms with van der Waals surface area (Å²) in [4.78, 5) is 35.8. The molecule has 1 heterocycles. The summed E-state index contributed by atoms with van der Waals surface area (Å²) in [5, 5.41) is 8.20. The van der Waals surface area contributed by atoms with Crippen LogP contribution >= 0.6 is 11.3 Å². The number of amides is 1. The summed E-state index contributed by atoms with van der Waals surface area (Å²) in [6.45, 7) is 10.7. The number of nitrogens with two attached hydrogens (primary N) is 1. The first-order chi connectivity index (χ1) is 19.4. The Hall–Kier alpha value is -2.78. The molecule has 5 rings (SSSR count). The van der Waals surface area contributed by atoms with Gasteiger partial charge < -0.3 is 20.6 Å². The molecule has 9 heteroatoms. The number of aromatic nitrogens is 1. The van der Waals surface area contributed by atoms with Crippen molar-refractivity contribution in [2.24, 2.45) is 34.1 Å². The van der Waals surface area contributed by atoms with E-state index in [0.717, 1.165) is 54.7 Å². The standard InChI is InChI=1S/C32H44N4O4S/c1-18-17-34-30(41-18)35-27(37)10-8-20-14-26(36-39-6)32(5)12-11-21-22(29(20)32)9-7-19-13-25(40-28(38)16-33)24(15-23(19)21)31(2,3)4/h13,15,17,20-22,29H,7-12,14,16,33H2,1-6H3,(H,34,35,37)/t20?,21?,22?,29?,32-/m1/s1. The fraction of sp³-hybridized carbons (Fsp3) is 0.625. The average molecular weight is 581 g/mol. The molecule has 1 aromatic heterocycles. The van der Waals surface area contributed by atoms with Crippen LogP contribution in [0.5, 0.6) is 5.75 Å². The van der Waals surface area contributed by atoms with Crippen LogP contribution < -0.4 is 15.8 Å². The number of benzene rings is 1. The third kappa shape index (κ3) is 5.80. The van der Waals surface area contributed by atoms with Crippen LogP contribution in [0, 0.1) is 30.1 Å². The lowest BCUT2D eigenvalue weighted by atomic mass is 9.53. The number of oxime groups is 1. The van der Waals surface area contributed by atoms with Gasteiger partial charge in [-0.15, -0.1) is 11.3 Å². The minimum Gasteiger partial charge on any atom is -0.425 e. The molecule has 2 fully saturated rings. The third-order valence-corrected chi connectivity index (χ3v) is 10.5. The molecule has 41 heavy (non-hydrogen) atoms. The van der Waals surface area contributed by atoms with Crippen LogP contribution in [0.4, 0.5) is 5.13 Å². The average Bonchev–Trinajstić information content (AvgIpc) is 3.45. The largest absolute Gasteiger partial charge is 0.425 e. The highest BCUT2D eigenvalue weighted by Crippen LogP contribution is 2.63. The monoisotopic (exact) mass is 580 g/mol. The minimum absolute atomic E-state index is 0.0221. The van der Waals surface area contributed by atoms with Crippen molar-refractivity contribution in [3.63, 3.8) is 0 Å². The Kier molecular flexibility index (Phi) is 8.32. The van der Waals surface area contributed by atoms with E-state index in [2.05, 4.69) is 55.3 Å². The van der Waals surface area contributed by atoms with E-state index in [4.69, 9.17) is 15.3 Å². The van der Waals surface area contributed by atoms with Crippen LogP contribution in [0.3, 0.4) is 0 Å². The lowest BCUT2D eigenvalue weighted by Crippen LogP contribution is -2.44. The first kappa shape index (κ1) is 29.7. The van der Waals surface area contributed by atoms with Gasteiger partial charge in [-0.3, -0.25) is 9.59 Å². The summed E-state index contributed by atoms with van der Waals surface area (Å²) in [5.74, 6) is 1.95. The van der Waals surface area contributed by atoms with E-state index in [0.29, 0.717) is 41.0 Å². The van der Waals surface area contributed by atoms with Gasteiger partial charge in [0, 0.05) is 28.5 Å². The Morgan fingerprint density at radius 2 is 2.05 bits per heavy atom. The first-order valence-electron chi connectivity index (χ1n) is 14.9. The number of fused-ring (bicyclic) bond motifs is 5. The molecule has 3 N–H and O–H groups in total. The lowest BCUT2D eigenvalue weighted by Gasteiger charge is -2.50. The number of carbonyl (C=O) groups excluding carboxylic acids is 2. The maximum Gasteiger partial charge on any atom is 0.325 e. The molecule has 222 valence electrons. The number of esters is 1. The van der Waals surface area contributed by atoms with Crippen LogP contribution in [0.2, 0.25) is 0 Å². The molecule has 0 aliphatic heterocycles. The molecule has 0 spiro atoms. The highest BCUT2D eigenvalue weighted by molar-refractivity contribution is 7.15. The molecule has 0 bridgehead atoms. The Morgan fingerprint density at radius 1 is 1.27 bits per heavy atom. The summed E-state index contributed by atoms with van der Waals surface area (Å²) in [6.07, 6.45) is 8.06. The summed E-state index contributed by atoms with van der Waals surface area (Å²) in [5.41, 5.74) is 10.2. The Bertz CT molecular complexity index is 1350. The van der Waals surface area contributed by atoms with Gasteiger partial charge in [0.05, 0.1) is 12.3 Å². The Morgan fingerprint density at radius 3 is 2.71 bits per heavy atom. The van der Waals surface area contributed by atoms with Gasteiger partial charge >= 0.3 is 5.97 Å². The van der Waals surface area contributed by atoms with Gasteiger partial charge in [0.15, 0.2) is 5.13 Å². The molecule has 0 radical (unpaired) electrons. The Balaban J connectivity index is 1.43. The quantitative estimate of drug-likeness (QED) is 0.232. The predicted octanol–water partition coefficient (Wildman–Crippen LogP) is 6.12. The normalized spacial score (nSPS) is 28.0. The highest BCUT2D eigenvalue weighted by Gasteiger charge is 2.57. The van der Waals surface area contributed by atoms with Crippen LogP contribution in [0.25, 0.3) is 0 Å². The Labute approximate surface area is 247 Å². The lowest BCUT2D eigenvalue weighted by molar-refractivity contribution is -0.132. The number of ether oxygens (including phenoxy) is 1. The first-order valence-corrected chi connectivity index (χ1v) is 15.7. The molecule has 1 aromatic carbocycles. The molecule has 0 saturated heterocycles. The van der Waals surface area contributed by atoms with Gasteiger partial charge in [-0.05, 0) is 91.7 Å². The summed E-state index contributed by atoms with van der Waals surface area (Å²) in [7, 11) is 1.63. The molecule has 4 unspecified atom stereocenters. The van der Waals surface area contributed by atoms with Gasteiger partial charge in [-0.1, -0.05) is 38.9 Å². The van der Waals surface area contributed by atoms with Crippen molar-refractivity contribution >= 4 is 34.1 Å². The smallest absolute Gasteiger partial charge is 0.325 e. The minimum atomic E-state index is -0.412. The number of hydrogen-bond acceptors (Lipinski definition) is 8. The number of hydrogen-bond donors (Lipinski definition) is 2. The zero-order valence-electron chi connectivity index (χ0n) is 25.2. The SMILES string of the molecule is CON=C1CC(CCC(=O)Nc2ncc(C)s2)C2C3CCc4cc(OC(=O)CN)c(C(C)(C)C)cc4C3CC[C@]12C. The summed E-state index contributed by atoms with van der Waals surface area (Å²) >= 11 is 1.50. The van der Waals surface area contributed by atoms with E-state index in [1.807, 2.05) is 6.92 Å². The van der Waals surface area contributed by atoms with Gasteiger partial charge in [0.2, 0.25) is 5.91 Å². The number of thiazole rings is 1. The number of carbonyl (C=O) groups is 2. The van der Waals surface area contributed by atoms with Crippen LogP contribution in [-0.2, 0) is 26.3 Å². The maximum absolute atomic E-state index is 12.9. The highest BCUT2D eigenvalue weighted by atomic mass is 32.1. The third-order valence-electron chi connectivity index (χ3n) is 9.71. The zero-order chi connectivity index (χ0) is 29.5. The molecular weight excluding hydrogens is 536 g/mol. The fourth-order valence-corrected chi connectivity index (χ4v) is 8.62. The second-order valence-electron chi connectivity index (χ2n) is 13.3. The van der Waals surface area contributed by atoms with E-state index < -0.39 is 5.97 Å². The van der Waals surface area contributed by atoms with Crippen molar-refractivity contribution in [2.45, 2.75) is 90.9 Å². The number of nitrogens with one attached hydrogen (secondary N) is 1.